The van der Waals surface area contributed by atoms with Crippen molar-refractivity contribution in [1.82, 2.24) is 0 Å². The molecule has 0 spiro atoms. The van der Waals surface area contributed by atoms with E-state index in [-0.39, 0.29) is 18.4 Å². The fourth-order valence-electron chi connectivity index (χ4n) is 2.31. The Morgan fingerprint density at radius 3 is 2.47 bits per heavy atom. The lowest BCUT2D eigenvalue weighted by molar-refractivity contribution is -0.201. The van der Waals surface area contributed by atoms with Crippen LogP contribution in [0.5, 0.6) is 0 Å². The molecule has 1 aliphatic rings. The second-order valence-electron chi connectivity index (χ2n) is 4.68. The Balaban J connectivity index is 2.45. The van der Waals surface area contributed by atoms with E-state index in [4.69, 9.17) is 5.11 Å². The number of halogens is 2. The number of aliphatic carboxylic acids is 1. The van der Waals surface area contributed by atoms with Crippen molar-refractivity contribution in [3.05, 3.63) is 35.4 Å². The van der Waals surface area contributed by atoms with E-state index in [1.807, 2.05) is 0 Å². The van der Waals surface area contributed by atoms with Crippen LogP contribution in [0.2, 0.25) is 0 Å². The van der Waals surface area contributed by atoms with Gasteiger partial charge in [0.05, 0.1) is 0 Å². The van der Waals surface area contributed by atoms with Crippen LogP contribution in [0.15, 0.2) is 24.3 Å². The van der Waals surface area contributed by atoms with Gasteiger partial charge in [-0.3, -0.25) is 4.79 Å². The van der Waals surface area contributed by atoms with Crippen molar-refractivity contribution in [2.75, 3.05) is 0 Å². The van der Waals surface area contributed by atoms with Gasteiger partial charge in [0.2, 0.25) is 0 Å². The Morgan fingerprint density at radius 2 is 2.06 bits per heavy atom. The topological polar surface area (TPSA) is 37.3 Å². The minimum atomic E-state index is -3.30. The standard InChI is InChI=1S/C13H14F2O2/c1-9-4-2-5-10(8-9)13(14,15)12(11(16)17)6-3-7-12/h2,4-5,8H,3,6-7H2,1H3,(H,16,17). The van der Waals surface area contributed by atoms with Gasteiger partial charge in [-0.25, -0.2) is 8.78 Å². The Bertz CT molecular complexity index is 450. The van der Waals surface area contributed by atoms with E-state index in [0.717, 1.165) is 0 Å². The summed E-state index contributed by atoms with van der Waals surface area (Å²) < 4.78 is 28.6. The normalized spacial score (nSPS) is 18.5. The molecule has 1 aromatic rings. The van der Waals surface area contributed by atoms with Gasteiger partial charge in [-0.1, -0.05) is 36.2 Å². The average Bonchev–Trinajstić information content (AvgIpc) is 2.14. The molecule has 0 unspecified atom stereocenters. The van der Waals surface area contributed by atoms with E-state index >= 15 is 0 Å². The molecule has 92 valence electrons. The third-order valence-corrected chi connectivity index (χ3v) is 3.60. The van der Waals surface area contributed by atoms with Crippen molar-refractivity contribution in [3.8, 4) is 0 Å². The molecule has 0 radical (unpaired) electrons. The van der Waals surface area contributed by atoms with Crippen LogP contribution in [0, 0.1) is 12.3 Å². The molecule has 1 aromatic carbocycles. The highest BCUT2D eigenvalue weighted by Crippen LogP contribution is 2.57. The number of carbonyl (C=O) groups is 1. The maximum absolute atomic E-state index is 14.3. The molecule has 0 bridgehead atoms. The number of carboxylic acids is 1. The molecular weight excluding hydrogens is 226 g/mol. The Hall–Kier alpha value is -1.45. The number of benzene rings is 1. The molecule has 0 aromatic heterocycles. The summed E-state index contributed by atoms with van der Waals surface area (Å²) in [4.78, 5) is 11.1. The largest absolute Gasteiger partial charge is 0.481 e. The number of rotatable bonds is 3. The predicted octanol–water partition coefficient (Wildman–Crippen LogP) is 3.34. The maximum atomic E-state index is 14.3. The van der Waals surface area contributed by atoms with E-state index in [1.165, 1.54) is 18.2 Å². The van der Waals surface area contributed by atoms with Crippen molar-refractivity contribution >= 4 is 5.97 Å². The molecule has 0 atom stereocenters. The zero-order chi connectivity index (χ0) is 12.7. The molecule has 2 rings (SSSR count). The summed E-state index contributed by atoms with van der Waals surface area (Å²) in [6, 6.07) is 5.92. The molecule has 0 amide bonds. The highest BCUT2D eigenvalue weighted by molar-refractivity contribution is 5.77. The Labute approximate surface area is 98.3 Å². The smallest absolute Gasteiger partial charge is 0.316 e. The SMILES string of the molecule is Cc1cccc(C(F)(F)C2(C(=O)O)CCC2)c1. The summed E-state index contributed by atoms with van der Waals surface area (Å²) in [5, 5.41) is 9.07. The van der Waals surface area contributed by atoms with Gasteiger partial charge >= 0.3 is 5.97 Å². The van der Waals surface area contributed by atoms with Crippen molar-refractivity contribution in [2.24, 2.45) is 5.41 Å². The number of hydrogen-bond donors (Lipinski definition) is 1. The highest BCUT2D eigenvalue weighted by atomic mass is 19.3. The summed E-state index contributed by atoms with van der Waals surface area (Å²) in [5.74, 6) is -4.70. The molecule has 17 heavy (non-hydrogen) atoms. The monoisotopic (exact) mass is 240 g/mol. The molecule has 4 heteroatoms. The third-order valence-electron chi connectivity index (χ3n) is 3.60. The molecule has 1 aliphatic carbocycles. The van der Waals surface area contributed by atoms with Crippen LogP contribution in [0.25, 0.3) is 0 Å². The fraction of sp³-hybridized carbons (Fsp3) is 0.462. The minimum Gasteiger partial charge on any atom is -0.481 e. The third kappa shape index (κ3) is 1.63. The van der Waals surface area contributed by atoms with E-state index in [1.54, 1.807) is 13.0 Å². The lowest BCUT2D eigenvalue weighted by Crippen LogP contribution is -2.50. The molecule has 0 saturated heterocycles. The lowest BCUT2D eigenvalue weighted by Gasteiger charge is -2.43. The molecule has 2 nitrogen and oxygen atoms in total. The van der Waals surface area contributed by atoms with Crippen LogP contribution in [-0.4, -0.2) is 11.1 Å². The highest BCUT2D eigenvalue weighted by Gasteiger charge is 2.63. The van der Waals surface area contributed by atoms with Crippen molar-refractivity contribution in [2.45, 2.75) is 32.1 Å². The number of alkyl halides is 2. The summed E-state index contributed by atoms with van der Waals surface area (Å²) in [7, 11) is 0. The lowest BCUT2D eigenvalue weighted by atomic mass is 9.63. The number of hydrogen-bond acceptors (Lipinski definition) is 1. The summed E-state index contributed by atoms with van der Waals surface area (Å²) >= 11 is 0. The van der Waals surface area contributed by atoms with E-state index in [9.17, 15) is 13.6 Å². The Kier molecular flexibility index (Phi) is 2.68. The Morgan fingerprint density at radius 1 is 1.41 bits per heavy atom. The first kappa shape index (κ1) is 12.0. The minimum absolute atomic E-state index is 0.0449. The van der Waals surface area contributed by atoms with Crippen LogP contribution in [0.3, 0.4) is 0 Å². The van der Waals surface area contributed by atoms with Gasteiger partial charge in [0.1, 0.15) is 5.41 Å². The molecule has 0 aliphatic heterocycles. The second kappa shape index (κ2) is 3.79. The van der Waals surface area contributed by atoms with Crippen LogP contribution < -0.4 is 0 Å². The van der Waals surface area contributed by atoms with Crippen LogP contribution in [0.1, 0.15) is 30.4 Å². The van der Waals surface area contributed by atoms with Gasteiger partial charge < -0.3 is 5.11 Å². The number of aryl methyl sites for hydroxylation is 1. The van der Waals surface area contributed by atoms with Gasteiger partial charge in [0.25, 0.3) is 5.92 Å². The zero-order valence-corrected chi connectivity index (χ0v) is 9.54. The molecule has 0 heterocycles. The molecule has 1 fully saturated rings. The molecule has 1 saturated carbocycles. The van der Waals surface area contributed by atoms with Crippen LogP contribution in [0.4, 0.5) is 8.78 Å². The van der Waals surface area contributed by atoms with Crippen molar-refractivity contribution < 1.29 is 18.7 Å². The van der Waals surface area contributed by atoms with Crippen LogP contribution in [-0.2, 0) is 10.7 Å². The maximum Gasteiger partial charge on any atom is 0.316 e. The van der Waals surface area contributed by atoms with Crippen LogP contribution >= 0.6 is 0 Å². The zero-order valence-electron chi connectivity index (χ0n) is 9.54. The fourth-order valence-corrected chi connectivity index (χ4v) is 2.31. The predicted molar refractivity (Wildman–Crippen MR) is 59.0 cm³/mol. The first-order valence-corrected chi connectivity index (χ1v) is 5.58. The molecule has 1 N–H and O–H groups in total. The van der Waals surface area contributed by atoms with Gasteiger partial charge in [-0.05, 0) is 19.8 Å². The first-order valence-electron chi connectivity index (χ1n) is 5.58. The quantitative estimate of drug-likeness (QED) is 0.879. The second-order valence-corrected chi connectivity index (χ2v) is 4.68. The van der Waals surface area contributed by atoms with E-state index in [0.29, 0.717) is 12.0 Å². The van der Waals surface area contributed by atoms with Gasteiger partial charge in [0, 0.05) is 5.56 Å². The summed E-state index contributed by atoms with van der Waals surface area (Å²) in [6.07, 6.45) is 0.639. The molecular formula is C13H14F2O2. The first-order chi connectivity index (χ1) is 7.90. The summed E-state index contributed by atoms with van der Waals surface area (Å²) in [5.41, 5.74) is -1.39. The van der Waals surface area contributed by atoms with Crippen molar-refractivity contribution in [3.63, 3.8) is 0 Å². The number of carboxylic acid groups (broad SMARTS) is 1. The van der Waals surface area contributed by atoms with Gasteiger partial charge in [-0.2, -0.15) is 0 Å². The van der Waals surface area contributed by atoms with Gasteiger partial charge in [0.15, 0.2) is 0 Å². The van der Waals surface area contributed by atoms with E-state index < -0.39 is 17.3 Å². The summed E-state index contributed by atoms with van der Waals surface area (Å²) in [6.45, 7) is 1.72. The average molecular weight is 240 g/mol. The van der Waals surface area contributed by atoms with Crippen molar-refractivity contribution in [1.29, 1.82) is 0 Å². The van der Waals surface area contributed by atoms with Gasteiger partial charge in [-0.15, -0.1) is 0 Å². The van der Waals surface area contributed by atoms with E-state index in [2.05, 4.69) is 0 Å².